The Kier molecular flexibility index (Phi) is 5.19. The third-order valence-electron chi connectivity index (χ3n) is 5.08. The van der Waals surface area contributed by atoms with Gasteiger partial charge in [0.2, 0.25) is 11.8 Å². The first-order valence-corrected chi connectivity index (χ1v) is 10.2. The van der Waals surface area contributed by atoms with Gasteiger partial charge < -0.3 is 9.73 Å². The van der Waals surface area contributed by atoms with Crippen LogP contribution in [0.25, 0.3) is 34.3 Å². The topological polar surface area (TPSA) is 112 Å². The van der Waals surface area contributed by atoms with Crippen molar-refractivity contribution in [1.29, 1.82) is 0 Å². The van der Waals surface area contributed by atoms with Crippen molar-refractivity contribution in [2.24, 2.45) is 7.05 Å². The number of nitrogens with one attached hydrogen (secondary N) is 1. The molecule has 1 amide bonds. The van der Waals surface area contributed by atoms with Crippen LogP contribution in [0.4, 0.5) is 5.69 Å². The van der Waals surface area contributed by atoms with Crippen molar-refractivity contribution in [1.82, 2.24) is 30.4 Å². The maximum absolute atomic E-state index is 12.7. The highest BCUT2D eigenvalue weighted by atomic mass is 16.4. The summed E-state index contributed by atoms with van der Waals surface area (Å²) in [5, 5.41) is 22.7. The van der Waals surface area contributed by atoms with E-state index < -0.39 is 0 Å². The third kappa shape index (κ3) is 4.24. The van der Waals surface area contributed by atoms with Gasteiger partial charge in [-0.1, -0.05) is 29.8 Å². The molecule has 33 heavy (non-hydrogen) atoms. The summed E-state index contributed by atoms with van der Waals surface area (Å²) in [4.78, 5) is 12.7. The van der Waals surface area contributed by atoms with E-state index >= 15 is 0 Å². The Morgan fingerprint density at radius 1 is 0.848 bits per heavy atom. The van der Waals surface area contributed by atoms with E-state index in [-0.39, 0.29) is 5.91 Å². The van der Waals surface area contributed by atoms with Crippen molar-refractivity contribution in [3.63, 3.8) is 0 Å². The van der Waals surface area contributed by atoms with Crippen LogP contribution in [0, 0.1) is 6.92 Å². The molecule has 0 saturated carbocycles. The average molecular weight is 437 g/mol. The standard InChI is InChI=1S/C24H19N7O2/c1-15-5-3-7-19(13-15)24-28-27-23(33-24)17-11-9-16(10-12-17)22(32)25-20-8-4-6-18(14-20)21-26-29-30-31(21)2/h3-14H,1-2H3,(H,25,32). The molecule has 2 aromatic heterocycles. The lowest BCUT2D eigenvalue weighted by Gasteiger charge is -2.07. The van der Waals surface area contributed by atoms with Crippen LogP contribution in [0.3, 0.4) is 0 Å². The van der Waals surface area contributed by atoms with Gasteiger partial charge in [-0.3, -0.25) is 4.79 Å². The van der Waals surface area contributed by atoms with Gasteiger partial charge >= 0.3 is 0 Å². The van der Waals surface area contributed by atoms with Gasteiger partial charge in [0.15, 0.2) is 5.82 Å². The fourth-order valence-electron chi connectivity index (χ4n) is 3.41. The van der Waals surface area contributed by atoms with E-state index in [1.807, 2.05) is 55.5 Å². The van der Waals surface area contributed by atoms with Gasteiger partial charge in [-0.15, -0.1) is 15.3 Å². The third-order valence-corrected chi connectivity index (χ3v) is 5.08. The number of amides is 1. The number of nitrogens with zero attached hydrogens (tertiary/aromatic N) is 6. The normalized spacial score (nSPS) is 10.8. The first kappa shape index (κ1) is 20.3. The monoisotopic (exact) mass is 437 g/mol. The van der Waals surface area contributed by atoms with Crippen LogP contribution in [0.5, 0.6) is 0 Å². The van der Waals surface area contributed by atoms with Crippen LogP contribution in [0.15, 0.2) is 77.2 Å². The fraction of sp³-hybridized carbons (Fsp3) is 0.0833. The van der Waals surface area contributed by atoms with E-state index in [1.165, 1.54) is 0 Å². The molecule has 0 aliphatic rings. The summed E-state index contributed by atoms with van der Waals surface area (Å²) in [6.07, 6.45) is 0. The quantitative estimate of drug-likeness (QED) is 0.439. The predicted molar refractivity (Wildman–Crippen MR) is 122 cm³/mol. The Morgan fingerprint density at radius 2 is 1.58 bits per heavy atom. The van der Waals surface area contributed by atoms with Crippen LogP contribution >= 0.6 is 0 Å². The maximum atomic E-state index is 12.7. The van der Waals surface area contributed by atoms with Gasteiger partial charge in [-0.25, -0.2) is 4.68 Å². The number of hydrogen-bond acceptors (Lipinski definition) is 7. The molecular formula is C24H19N7O2. The molecule has 162 valence electrons. The summed E-state index contributed by atoms with van der Waals surface area (Å²) in [7, 11) is 1.76. The second-order valence-corrected chi connectivity index (χ2v) is 7.52. The molecule has 0 radical (unpaired) electrons. The molecule has 0 saturated heterocycles. The minimum absolute atomic E-state index is 0.235. The van der Waals surface area contributed by atoms with E-state index in [2.05, 4.69) is 31.0 Å². The number of rotatable bonds is 5. The number of benzene rings is 3. The summed E-state index contributed by atoms with van der Waals surface area (Å²) < 4.78 is 7.40. The lowest BCUT2D eigenvalue weighted by Crippen LogP contribution is -2.11. The van der Waals surface area contributed by atoms with Crippen molar-refractivity contribution in [2.45, 2.75) is 6.92 Å². The van der Waals surface area contributed by atoms with Crippen LogP contribution in [0.2, 0.25) is 0 Å². The van der Waals surface area contributed by atoms with Gasteiger partial charge in [0.1, 0.15) is 0 Å². The minimum atomic E-state index is -0.235. The Balaban J connectivity index is 1.31. The number of aromatic nitrogens is 6. The number of anilines is 1. The Morgan fingerprint density at radius 3 is 2.30 bits per heavy atom. The first-order chi connectivity index (χ1) is 16.1. The van der Waals surface area contributed by atoms with Crippen molar-refractivity contribution in [3.05, 3.63) is 83.9 Å². The Hall–Kier alpha value is -4.66. The van der Waals surface area contributed by atoms with Gasteiger partial charge in [-0.2, -0.15) is 0 Å². The Labute approximate surface area is 189 Å². The molecule has 0 fully saturated rings. The molecule has 1 N–H and O–H groups in total. The molecule has 9 nitrogen and oxygen atoms in total. The van der Waals surface area contributed by atoms with Crippen LogP contribution in [0.1, 0.15) is 15.9 Å². The second-order valence-electron chi connectivity index (χ2n) is 7.52. The molecule has 9 heteroatoms. The van der Waals surface area contributed by atoms with Crippen LogP contribution in [-0.4, -0.2) is 36.3 Å². The zero-order valence-electron chi connectivity index (χ0n) is 17.9. The molecule has 3 aromatic carbocycles. The zero-order chi connectivity index (χ0) is 22.8. The lowest BCUT2D eigenvalue weighted by atomic mass is 10.1. The van der Waals surface area contributed by atoms with Crippen molar-refractivity contribution in [3.8, 4) is 34.3 Å². The zero-order valence-corrected chi connectivity index (χ0v) is 17.9. The molecule has 5 aromatic rings. The fourth-order valence-corrected chi connectivity index (χ4v) is 3.41. The van der Waals surface area contributed by atoms with E-state index in [9.17, 15) is 4.79 Å². The molecule has 5 rings (SSSR count). The number of hydrogen-bond donors (Lipinski definition) is 1. The maximum Gasteiger partial charge on any atom is 0.255 e. The summed E-state index contributed by atoms with van der Waals surface area (Å²) in [6, 6.07) is 22.2. The van der Waals surface area contributed by atoms with E-state index in [1.54, 1.807) is 36.0 Å². The second kappa shape index (κ2) is 8.46. The highest BCUT2D eigenvalue weighted by Crippen LogP contribution is 2.25. The van der Waals surface area contributed by atoms with Gasteiger partial charge in [-0.05, 0) is 65.9 Å². The predicted octanol–water partition coefficient (Wildman–Crippen LogP) is 4.15. The molecule has 0 aliphatic heterocycles. The molecular weight excluding hydrogens is 418 g/mol. The smallest absolute Gasteiger partial charge is 0.255 e. The first-order valence-electron chi connectivity index (χ1n) is 10.2. The van der Waals surface area contributed by atoms with Crippen LogP contribution in [-0.2, 0) is 7.05 Å². The van der Waals surface area contributed by atoms with Crippen molar-refractivity contribution in [2.75, 3.05) is 5.32 Å². The molecule has 2 heterocycles. The van der Waals surface area contributed by atoms with Crippen molar-refractivity contribution < 1.29 is 9.21 Å². The van der Waals surface area contributed by atoms with Gasteiger partial charge in [0, 0.05) is 35.0 Å². The van der Waals surface area contributed by atoms with E-state index in [0.717, 1.165) is 22.3 Å². The van der Waals surface area contributed by atoms with E-state index in [4.69, 9.17) is 4.42 Å². The van der Waals surface area contributed by atoms with Gasteiger partial charge in [0.05, 0.1) is 0 Å². The summed E-state index contributed by atoms with van der Waals surface area (Å²) in [6.45, 7) is 2.01. The highest BCUT2D eigenvalue weighted by Gasteiger charge is 2.13. The largest absolute Gasteiger partial charge is 0.416 e. The Bertz CT molecular complexity index is 1440. The lowest BCUT2D eigenvalue weighted by molar-refractivity contribution is 0.102. The number of tetrazole rings is 1. The molecule has 0 unspecified atom stereocenters. The van der Waals surface area contributed by atoms with E-state index in [0.29, 0.717) is 28.9 Å². The number of aryl methyl sites for hydroxylation is 2. The number of carbonyl (C=O) groups is 1. The molecule has 0 spiro atoms. The minimum Gasteiger partial charge on any atom is -0.416 e. The summed E-state index contributed by atoms with van der Waals surface area (Å²) >= 11 is 0. The summed E-state index contributed by atoms with van der Waals surface area (Å²) in [5.41, 5.74) is 4.66. The van der Waals surface area contributed by atoms with Crippen LogP contribution < -0.4 is 5.32 Å². The highest BCUT2D eigenvalue weighted by molar-refractivity contribution is 6.04. The SMILES string of the molecule is Cc1cccc(-c2nnc(-c3ccc(C(=O)Nc4cccc(-c5nnnn5C)c4)cc3)o2)c1. The average Bonchev–Trinajstić information content (AvgIpc) is 3.49. The molecule has 0 aliphatic carbocycles. The van der Waals surface area contributed by atoms with Crippen molar-refractivity contribution >= 4 is 11.6 Å². The summed E-state index contributed by atoms with van der Waals surface area (Å²) in [5.74, 6) is 1.22. The van der Waals surface area contributed by atoms with Gasteiger partial charge in [0.25, 0.3) is 5.91 Å². The number of carbonyl (C=O) groups excluding carboxylic acids is 1. The molecule has 0 bridgehead atoms. The molecule has 0 atom stereocenters.